The molecule has 21 heavy (non-hydrogen) atoms. The van der Waals surface area contributed by atoms with Gasteiger partial charge in [0.05, 0.1) is 12.6 Å². The lowest BCUT2D eigenvalue weighted by Crippen LogP contribution is -2.45. The molecule has 1 saturated carbocycles. The van der Waals surface area contributed by atoms with Crippen LogP contribution in [0.4, 0.5) is 4.79 Å². The van der Waals surface area contributed by atoms with Gasteiger partial charge in [-0.2, -0.15) is 0 Å². The van der Waals surface area contributed by atoms with Crippen molar-refractivity contribution in [2.45, 2.75) is 46.1 Å². The van der Waals surface area contributed by atoms with Crippen LogP contribution in [0.1, 0.15) is 40.0 Å². The van der Waals surface area contributed by atoms with E-state index < -0.39 is 6.09 Å². The van der Waals surface area contributed by atoms with Crippen LogP contribution in [0.2, 0.25) is 0 Å². The summed E-state index contributed by atoms with van der Waals surface area (Å²) >= 11 is 0. The number of hydrogen-bond acceptors (Lipinski definition) is 5. The minimum absolute atomic E-state index is 0.0254. The zero-order chi connectivity index (χ0) is 15.9. The lowest BCUT2D eigenvalue weighted by atomic mass is 9.63. The largest absolute Gasteiger partial charge is 0.447 e. The van der Waals surface area contributed by atoms with Gasteiger partial charge < -0.3 is 14.8 Å². The van der Waals surface area contributed by atoms with Gasteiger partial charge in [-0.1, -0.05) is 20.8 Å². The quantitative estimate of drug-likeness (QED) is 0.463. The highest BCUT2D eigenvalue weighted by Crippen LogP contribution is 2.46. The molecule has 0 radical (unpaired) electrons. The number of hydrogen-bond donors (Lipinski definition) is 1. The number of carbonyl (C=O) groups is 1. The van der Waals surface area contributed by atoms with Crippen LogP contribution >= 0.6 is 0 Å². The van der Waals surface area contributed by atoms with Gasteiger partial charge in [0.1, 0.15) is 6.61 Å². The number of rotatable bonds is 6. The fraction of sp³-hybridized carbons (Fsp3) is 0.867. The smallest absolute Gasteiger partial charge is 0.407 e. The third-order valence-electron chi connectivity index (χ3n) is 3.84. The Morgan fingerprint density at radius 2 is 2.05 bits per heavy atom. The normalized spacial score (nSPS) is 27.5. The summed E-state index contributed by atoms with van der Waals surface area (Å²) in [4.78, 5) is 26.0. The molecule has 0 aromatic carbocycles. The summed E-state index contributed by atoms with van der Waals surface area (Å²) in [5.74, 6) is 0. The van der Waals surface area contributed by atoms with E-state index in [0.717, 1.165) is 19.3 Å². The molecule has 1 aliphatic rings. The molecule has 0 bridgehead atoms. The average molecular weight is 298 g/mol. The van der Waals surface area contributed by atoms with Crippen molar-refractivity contribution in [3.63, 3.8) is 0 Å². The van der Waals surface area contributed by atoms with Crippen molar-refractivity contribution in [1.82, 2.24) is 5.32 Å². The maximum atomic E-state index is 11.6. The van der Waals surface area contributed by atoms with Crippen molar-refractivity contribution in [2.75, 3.05) is 26.9 Å². The first-order chi connectivity index (χ1) is 9.80. The maximum Gasteiger partial charge on any atom is 0.407 e. The molecular weight excluding hydrogens is 272 g/mol. The van der Waals surface area contributed by atoms with E-state index in [0.29, 0.717) is 13.2 Å². The van der Waals surface area contributed by atoms with Gasteiger partial charge in [0.25, 0.3) is 0 Å². The van der Waals surface area contributed by atoms with Gasteiger partial charge >= 0.3 is 6.09 Å². The zero-order valence-electron chi connectivity index (χ0n) is 13.4. The van der Waals surface area contributed by atoms with Gasteiger partial charge in [-0.05, 0) is 30.1 Å². The Hall–Kier alpha value is -1.39. The van der Waals surface area contributed by atoms with Crippen LogP contribution in [-0.4, -0.2) is 45.1 Å². The number of nitrogens with one attached hydrogen (secondary N) is 1. The van der Waals surface area contributed by atoms with Gasteiger partial charge in [0, 0.05) is 13.7 Å². The molecule has 0 spiro atoms. The van der Waals surface area contributed by atoms with Crippen molar-refractivity contribution >= 4 is 12.2 Å². The van der Waals surface area contributed by atoms with Gasteiger partial charge in [0.2, 0.25) is 6.08 Å². The average Bonchev–Trinajstić information content (AvgIpc) is 2.35. The summed E-state index contributed by atoms with van der Waals surface area (Å²) < 4.78 is 9.80. The molecule has 1 aliphatic carbocycles. The van der Waals surface area contributed by atoms with Crippen LogP contribution in [0.5, 0.6) is 0 Å². The molecule has 1 rings (SSSR count). The van der Waals surface area contributed by atoms with Crippen LogP contribution in [0.15, 0.2) is 4.99 Å². The van der Waals surface area contributed by atoms with E-state index in [-0.39, 0.29) is 23.5 Å². The monoisotopic (exact) mass is 298 g/mol. The van der Waals surface area contributed by atoms with Crippen molar-refractivity contribution < 1.29 is 19.1 Å². The molecule has 2 atom stereocenters. The van der Waals surface area contributed by atoms with Crippen LogP contribution in [0.25, 0.3) is 0 Å². The lowest BCUT2D eigenvalue weighted by Gasteiger charge is -2.45. The van der Waals surface area contributed by atoms with Crippen molar-refractivity contribution in [1.29, 1.82) is 0 Å². The Balaban J connectivity index is 2.54. The number of nitrogens with zero attached hydrogens (tertiary/aromatic N) is 1. The fourth-order valence-corrected chi connectivity index (χ4v) is 3.43. The highest BCUT2D eigenvalue weighted by Gasteiger charge is 2.41. The number of alkyl carbamates (subject to hydrolysis) is 1. The summed E-state index contributed by atoms with van der Waals surface area (Å²) in [6.45, 7) is 7.56. The van der Waals surface area contributed by atoms with Crippen LogP contribution in [0, 0.1) is 10.8 Å². The Bertz CT molecular complexity index is 404. The molecule has 0 heterocycles. The predicted octanol–water partition coefficient (Wildman–Crippen LogP) is 2.28. The second-order valence-electron chi connectivity index (χ2n) is 6.92. The first kappa shape index (κ1) is 17.7. The minimum atomic E-state index is -0.438. The number of isocyanates is 1. The zero-order valence-corrected chi connectivity index (χ0v) is 13.4. The Labute approximate surface area is 126 Å². The molecule has 0 aromatic heterocycles. The number of ether oxygens (including phenoxy) is 2. The van der Waals surface area contributed by atoms with Crippen LogP contribution in [-0.2, 0) is 14.3 Å². The summed E-state index contributed by atoms with van der Waals surface area (Å²) in [6.07, 6.45) is 3.82. The molecule has 6 nitrogen and oxygen atoms in total. The Morgan fingerprint density at radius 1 is 1.33 bits per heavy atom. The summed E-state index contributed by atoms with van der Waals surface area (Å²) in [6, 6.07) is -0.0254. The van der Waals surface area contributed by atoms with E-state index in [1.165, 1.54) is 0 Å². The Kier molecular flexibility index (Phi) is 6.37. The molecule has 1 fully saturated rings. The van der Waals surface area contributed by atoms with E-state index in [4.69, 9.17) is 9.47 Å². The molecule has 1 amide bonds. The maximum absolute atomic E-state index is 11.6. The number of aliphatic imine (C=N–C) groups is 1. The molecule has 2 unspecified atom stereocenters. The minimum Gasteiger partial charge on any atom is -0.447 e. The van der Waals surface area contributed by atoms with Crippen LogP contribution in [0.3, 0.4) is 0 Å². The summed E-state index contributed by atoms with van der Waals surface area (Å²) in [5, 5.41) is 2.80. The highest BCUT2D eigenvalue weighted by atomic mass is 16.6. The standard InChI is InChI=1S/C15H26N2O4/c1-14(2)7-12(17-11-18)8-15(3,9-14)10-16-13(19)21-6-5-20-4/h12H,5-10H2,1-4H3,(H,16,19). The fourth-order valence-electron chi connectivity index (χ4n) is 3.43. The molecule has 0 aromatic rings. The van der Waals surface area contributed by atoms with Gasteiger partial charge in [-0.15, -0.1) is 0 Å². The lowest BCUT2D eigenvalue weighted by molar-refractivity contribution is 0.0718. The van der Waals surface area contributed by atoms with Crippen molar-refractivity contribution in [3.05, 3.63) is 0 Å². The SMILES string of the molecule is COCCOC(=O)NCC1(C)CC(N=C=O)CC(C)(C)C1. The van der Waals surface area contributed by atoms with Crippen LogP contribution < -0.4 is 5.32 Å². The molecular formula is C15H26N2O4. The second-order valence-corrected chi connectivity index (χ2v) is 6.92. The molecule has 120 valence electrons. The first-order valence-corrected chi connectivity index (χ1v) is 7.27. The highest BCUT2D eigenvalue weighted by molar-refractivity contribution is 5.67. The Morgan fingerprint density at radius 3 is 2.67 bits per heavy atom. The number of amides is 1. The molecule has 6 heteroatoms. The van der Waals surface area contributed by atoms with Gasteiger partial charge in [0.15, 0.2) is 0 Å². The molecule has 1 N–H and O–H groups in total. The second kappa shape index (κ2) is 7.57. The van der Waals surface area contributed by atoms with E-state index in [1.807, 2.05) is 0 Å². The van der Waals surface area contributed by atoms with Crippen molar-refractivity contribution in [3.8, 4) is 0 Å². The van der Waals surface area contributed by atoms with E-state index in [1.54, 1.807) is 13.2 Å². The van der Waals surface area contributed by atoms with Gasteiger partial charge in [-0.25, -0.2) is 14.6 Å². The molecule has 0 aliphatic heterocycles. The summed E-state index contributed by atoms with van der Waals surface area (Å²) in [7, 11) is 1.56. The predicted molar refractivity (Wildman–Crippen MR) is 78.9 cm³/mol. The van der Waals surface area contributed by atoms with Gasteiger partial charge in [-0.3, -0.25) is 0 Å². The van der Waals surface area contributed by atoms with E-state index in [9.17, 15) is 9.59 Å². The third-order valence-corrected chi connectivity index (χ3v) is 3.84. The first-order valence-electron chi connectivity index (χ1n) is 7.27. The van der Waals surface area contributed by atoms with E-state index >= 15 is 0 Å². The summed E-state index contributed by atoms with van der Waals surface area (Å²) in [5.41, 5.74) is -0.0211. The molecule has 0 saturated heterocycles. The number of methoxy groups -OCH3 is 1. The topological polar surface area (TPSA) is 77.0 Å². The third kappa shape index (κ3) is 6.27. The van der Waals surface area contributed by atoms with Crippen molar-refractivity contribution in [2.24, 2.45) is 15.8 Å². The number of carbonyl (C=O) groups excluding carboxylic acids is 2. The van der Waals surface area contributed by atoms with E-state index in [2.05, 4.69) is 31.1 Å².